The molecule has 0 aliphatic carbocycles. The molecule has 0 radical (unpaired) electrons. The van der Waals surface area contributed by atoms with Crippen LogP contribution in [0.2, 0.25) is 5.02 Å². The van der Waals surface area contributed by atoms with Gasteiger partial charge >= 0.3 is 18.2 Å². The fourth-order valence-corrected chi connectivity index (χ4v) is 2.61. The van der Waals surface area contributed by atoms with Crippen LogP contribution in [0.5, 0.6) is 5.75 Å². The summed E-state index contributed by atoms with van der Waals surface area (Å²) < 4.78 is 49.2. The van der Waals surface area contributed by atoms with Crippen molar-refractivity contribution in [2.24, 2.45) is 0 Å². The number of benzene rings is 2. The number of anilines is 2. The summed E-state index contributed by atoms with van der Waals surface area (Å²) in [6, 6.07) is 8.20. The van der Waals surface area contributed by atoms with Gasteiger partial charge in [0.25, 0.3) is 5.60 Å². The lowest BCUT2D eigenvalue weighted by molar-refractivity contribution is -0.266. The van der Waals surface area contributed by atoms with E-state index in [2.05, 4.69) is 15.4 Å². The number of nitrogens with one attached hydrogen (secondary N) is 2. The lowest BCUT2D eigenvalue weighted by Crippen LogP contribution is -2.49. The molecule has 0 fully saturated rings. The molecule has 0 unspecified atom stereocenters. The van der Waals surface area contributed by atoms with Crippen LogP contribution in [-0.2, 0) is 15.1 Å². The zero-order valence-electron chi connectivity index (χ0n) is 15.1. The topological polar surface area (TPSA) is 96.9 Å². The molecular formula is C18H16ClF3N2O5. The summed E-state index contributed by atoms with van der Waals surface area (Å²) in [6.07, 6.45) is -5.36. The van der Waals surface area contributed by atoms with Gasteiger partial charge in [0.1, 0.15) is 5.75 Å². The number of hydrogen-bond acceptors (Lipinski definition) is 5. The molecule has 29 heavy (non-hydrogen) atoms. The summed E-state index contributed by atoms with van der Waals surface area (Å²) in [6.45, 7) is 0. The molecule has 2 aromatic carbocycles. The van der Waals surface area contributed by atoms with Crippen LogP contribution >= 0.6 is 11.6 Å². The maximum atomic E-state index is 13.4. The third kappa shape index (κ3) is 4.72. The molecule has 2 amide bonds. The quantitative estimate of drug-likeness (QED) is 0.622. The van der Waals surface area contributed by atoms with Gasteiger partial charge in [-0.05, 0) is 30.3 Å². The third-order valence-corrected chi connectivity index (χ3v) is 4.08. The van der Waals surface area contributed by atoms with Gasteiger partial charge in [-0.15, -0.1) is 0 Å². The van der Waals surface area contributed by atoms with Crippen molar-refractivity contribution < 1.29 is 37.3 Å². The summed E-state index contributed by atoms with van der Waals surface area (Å²) in [7, 11) is 1.86. The Morgan fingerprint density at radius 3 is 2.31 bits per heavy atom. The maximum Gasteiger partial charge on any atom is 0.432 e. The lowest BCUT2D eigenvalue weighted by Gasteiger charge is -2.28. The number of urea groups is 1. The van der Waals surface area contributed by atoms with Crippen molar-refractivity contribution in [2.75, 3.05) is 24.9 Å². The Hall–Kier alpha value is -2.98. The van der Waals surface area contributed by atoms with E-state index in [1.807, 2.05) is 0 Å². The van der Waals surface area contributed by atoms with E-state index in [-0.39, 0.29) is 11.4 Å². The van der Waals surface area contributed by atoms with Crippen LogP contribution in [0.25, 0.3) is 0 Å². The van der Waals surface area contributed by atoms with Gasteiger partial charge in [-0.2, -0.15) is 13.2 Å². The molecular weight excluding hydrogens is 417 g/mol. The van der Waals surface area contributed by atoms with Gasteiger partial charge in [-0.25, -0.2) is 9.59 Å². The first kappa shape index (κ1) is 22.3. The molecule has 2 rings (SSSR count). The molecule has 0 aliphatic rings. The number of amides is 2. The van der Waals surface area contributed by atoms with Crippen molar-refractivity contribution in [3.05, 3.63) is 53.1 Å². The minimum Gasteiger partial charge on any atom is -0.495 e. The number of methoxy groups -OCH3 is 2. The van der Waals surface area contributed by atoms with Gasteiger partial charge in [0, 0.05) is 16.3 Å². The lowest BCUT2D eigenvalue weighted by atomic mass is 9.92. The zero-order valence-corrected chi connectivity index (χ0v) is 15.9. The molecule has 2 aromatic rings. The predicted octanol–water partition coefficient (Wildman–Crippen LogP) is 3.92. The van der Waals surface area contributed by atoms with Gasteiger partial charge in [-0.1, -0.05) is 23.7 Å². The zero-order chi connectivity index (χ0) is 21.8. The van der Waals surface area contributed by atoms with Crippen LogP contribution in [0.1, 0.15) is 5.56 Å². The van der Waals surface area contributed by atoms with Crippen LogP contribution in [0, 0.1) is 0 Å². The first-order valence-corrected chi connectivity index (χ1v) is 8.30. The molecule has 156 valence electrons. The largest absolute Gasteiger partial charge is 0.495 e. The van der Waals surface area contributed by atoms with E-state index in [9.17, 15) is 27.9 Å². The van der Waals surface area contributed by atoms with Gasteiger partial charge in [-0.3, -0.25) is 0 Å². The third-order valence-electron chi connectivity index (χ3n) is 3.84. The monoisotopic (exact) mass is 432 g/mol. The van der Waals surface area contributed by atoms with Gasteiger partial charge in [0.15, 0.2) is 0 Å². The average Bonchev–Trinajstić information content (AvgIpc) is 2.66. The predicted molar refractivity (Wildman–Crippen MR) is 99.1 cm³/mol. The summed E-state index contributed by atoms with van der Waals surface area (Å²) in [4.78, 5) is 23.8. The molecule has 3 N–H and O–H groups in total. The molecule has 11 heteroatoms. The van der Waals surface area contributed by atoms with E-state index in [4.69, 9.17) is 16.3 Å². The van der Waals surface area contributed by atoms with Crippen molar-refractivity contribution in [2.45, 2.75) is 11.8 Å². The molecule has 0 aromatic heterocycles. The second-order valence-electron chi connectivity index (χ2n) is 5.70. The fraction of sp³-hybridized carbons (Fsp3) is 0.222. The standard InChI is InChI=1S/C18H16ClF3N2O5/c1-28-14-8-10(17(27,15(25)29-2)18(20,21)22)6-7-13(14)24-16(26)23-12-5-3-4-11(19)9-12/h3-9,27H,1-2H3,(H2,23,24,26)/t17-/m0/s1. The molecule has 7 nitrogen and oxygen atoms in total. The van der Waals surface area contributed by atoms with Crippen molar-refractivity contribution >= 4 is 35.0 Å². The Morgan fingerprint density at radius 1 is 1.07 bits per heavy atom. The minimum absolute atomic E-state index is 0.00910. The molecule has 0 spiro atoms. The van der Waals surface area contributed by atoms with Crippen LogP contribution < -0.4 is 15.4 Å². The number of hydrogen-bond donors (Lipinski definition) is 3. The van der Waals surface area contributed by atoms with Gasteiger partial charge in [0.2, 0.25) is 0 Å². The average molecular weight is 433 g/mol. The number of alkyl halides is 3. The number of aliphatic hydroxyl groups is 1. The Kier molecular flexibility index (Phi) is 6.60. The van der Waals surface area contributed by atoms with E-state index in [1.54, 1.807) is 18.2 Å². The highest BCUT2D eigenvalue weighted by Gasteiger charge is 2.62. The second kappa shape index (κ2) is 8.58. The molecule has 0 saturated heterocycles. The van der Waals surface area contributed by atoms with E-state index in [0.29, 0.717) is 17.8 Å². The minimum atomic E-state index is -5.36. The van der Waals surface area contributed by atoms with Crippen LogP contribution in [0.3, 0.4) is 0 Å². The molecule has 0 aliphatic heterocycles. The van der Waals surface area contributed by atoms with E-state index < -0.39 is 29.3 Å². The summed E-state index contributed by atoms with van der Waals surface area (Å²) >= 11 is 5.83. The van der Waals surface area contributed by atoms with E-state index >= 15 is 0 Å². The second-order valence-corrected chi connectivity index (χ2v) is 6.14. The molecule has 1 atom stereocenters. The number of halogens is 4. The molecule has 0 heterocycles. The summed E-state index contributed by atoms with van der Waals surface area (Å²) in [5, 5.41) is 15.3. The first-order chi connectivity index (χ1) is 13.5. The van der Waals surface area contributed by atoms with Crippen LogP contribution in [0.15, 0.2) is 42.5 Å². The van der Waals surface area contributed by atoms with Crippen molar-refractivity contribution in [1.29, 1.82) is 0 Å². The fourth-order valence-electron chi connectivity index (χ4n) is 2.42. The van der Waals surface area contributed by atoms with Gasteiger partial charge in [0.05, 0.1) is 19.9 Å². The van der Waals surface area contributed by atoms with Crippen LogP contribution in [-0.4, -0.2) is 37.5 Å². The molecule has 0 saturated carbocycles. The molecule has 0 bridgehead atoms. The number of carbonyl (C=O) groups is 2. The summed E-state index contributed by atoms with van der Waals surface area (Å²) in [5.41, 5.74) is -4.38. The van der Waals surface area contributed by atoms with Gasteiger partial charge < -0.3 is 25.2 Å². The SMILES string of the molecule is COC(=O)[C@@](O)(c1ccc(NC(=O)Nc2cccc(Cl)c2)c(OC)c1)C(F)(F)F. The van der Waals surface area contributed by atoms with Crippen molar-refractivity contribution in [3.63, 3.8) is 0 Å². The number of ether oxygens (including phenoxy) is 2. The van der Waals surface area contributed by atoms with E-state index in [1.165, 1.54) is 6.07 Å². The van der Waals surface area contributed by atoms with Crippen molar-refractivity contribution in [3.8, 4) is 5.75 Å². The highest BCUT2D eigenvalue weighted by Crippen LogP contribution is 2.42. The van der Waals surface area contributed by atoms with E-state index in [0.717, 1.165) is 25.3 Å². The highest BCUT2D eigenvalue weighted by molar-refractivity contribution is 6.30. The normalized spacial score (nSPS) is 13.2. The number of carbonyl (C=O) groups excluding carboxylic acids is 2. The maximum absolute atomic E-state index is 13.4. The Balaban J connectivity index is 2.32. The van der Waals surface area contributed by atoms with Crippen molar-refractivity contribution in [1.82, 2.24) is 0 Å². The summed E-state index contributed by atoms with van der Waals surface area (Å²) in [5.74, 6) is -2.14. The Morgan fingerprint density at radius 2 is 1.76 bits per heavy atom. The Labute approximate surface area is 168 Å². The highest BCUT2D eigenvalue weighted by atomic mass is 35.5. The number of esters is 1. The smallest absolute Gasteiger partial charge is 0.432 e. The number of rotatable bonds is 5. The van der Waals surface area contributed by atoms with Crippen LogP contribution in [0.4, 0.5) is 29.3 Å². The Bertz CT molecular complexity index is 923. The first-order valence-electron chi connectivity index (χ1n) is 7.92.